The third-order valence-corrected chi connectivity index (χ3v) is 4.57. The minimum atomic E-state index is -0.0637. The third kappa shape index (κ3) is 21.5. The highest BCUT2D eigenvalue weighted by atomic mass is 16.9. The molecule has 0 aliphatic heterocycles. The van der Waals surface area contributed by atoms with Crippen LogP contribution in [0, 0.1) is 0 Å². The topological polar surface area (TPSA) is 62.2 Å². The van der Waals surface area contributed by atoms with Gasteiger partial charge in [0.2, 0.25) is 0 Å². The van der Waals surface area contributed by atoms with E-state index in [0.717, 1.165) is 6.42 Å². The van der Waals surface area contributed by atoms with Gasteiger partial charge >= 0.3 is 0 Å². The Labute approximate surface area is 167 Å². The first-order valence-electron chi connectivity index (χ1n) is 11.3. The van der Waals surface area contributed by atoms with Crippen molar-refractivity contribution in [2.24, 2.45) is 0 Å². The molecule has 0 saturated heterocycles. The summed E-state index contributed by atoms with van der Waals surface area (Å²) in [5.41, 5.74) is 0. The number of hydrogen-bond acceptors (Lipinski definition) is 5. The van der Waals surface area contributed by atoms with Gasteiger partial charge in [0.1, 0.15) is 13.2 Å². The van der Waals surface area contributed by atoms with Gasteiger partial charge in [-0.2, -0.15) is 0 Å². The lowest BCUT2D eigenvalue weighted by atomic mass is 10.0. The molecule has 5 heteroatoms. The molecule has 0 aromatic carbocycles. The molecule has 5 nitrogen and oxygen atoms in total. The van der Waals surface area contributed by atoms with Crippen molar-refractivity contribution >= 4 is 0 Å². The molecule has 0 unspecified atom stereocenters. The largest absolute Gasteiger partial charge is 0.394 e. The fourth-order valence-corrected chi connectivity index (χ4v) is 3.00. The van der Waals surface area contributed by atoms with Crippen molar-refractivity contribution < 1.29 is 19.9 Å². The standard InChI is InChI=1S/C22H45NO4/c1-2-3-4-5-6-7-8-9-10-11-12-13-14-15-16-17-18-23(26-21-19-24)27-22-20-25/h17-18,24-25H,2-16,19-22H2,1H3. The molecule has 0 atom stereocenters. The molecule has 0 spiro atoms. The fourth-order valence-electron chi connectivity index (χ4n) is 3.00. The fraction of sp³-hybridized carbons (Fsp3) is 0.909. The van der Waals surface area contributed by atoms with Gasteiger partial charge in [0.25, 0.3) is 0 Å². The van der Waals surface area contributed by atoms with Crippen LogP contribution in [0.15, 0.2) is 12.3 Å². The molecule has 0 fully saturated rings. The average molecular weight is 388 g/mol. The van der Waals surface area contributed by atoms with Gasteiger partial charge in [0.05, 0.1) is 19.4 Å². The van der Waals surface area contributed by atoms with E-state index in [1.807, 2.05) is 6.08 Å². The van der Waals surface area contributed by atoms with E-state index in [4.69, 9.17) is 19.9 Å². The van der Waals surface area contributed by atoms with Crippen LogP contribution in [0.25, 0.3) is 0 Å². The van der Waals surface area contributed by atoms with Crippen molar-refractivity contribution in [2.45, 2.75) is 103 Å². The zero-order chi connectivity index (χ0) is 19.8. The highest BCUT2D eigenvalue weighted by Crippen LogP contribution is 2.13. The molecule has 0 saturated carbocycles. The lowest BCUT2D eigenvalue weighted by Gasteiger charge is -2.17. The van der Waals surface area contributed by atoms with E-state index < -0.39 is 0 Å². The summed E-state index contributed by atoms with van der Waals surface area (Å²) in [6, 6.07) is 0. The maximum Gasteiger partial charge on any atom is 0.101 e. The van der Waals surface area contributed by atoms with Gasteiger partial charge in [-0.15, -0.1) is 5.23 Å². The van der Waals surface area contributed by atoms with Crippen LogP contribution in [0.1, 0.15) is 103 Å². The Morgan fingerprint density at radius 2 is 1.04 bits per heavy atom. The average Bonchev–Trinajstić information content (AvgIpc) is 2.69. The normalized spacial score (nSPS) is 11.5. The quantitative estimate of drug-likeness (QED) is 0.189. The third-order valence-electron chi connectivity index (χ3n) is 4.57. The minimum Gasteiger partial charge on any atom is -0.394 e. The molecule has 162 valence electrons. The van der Waals surface area contributed by atoms with Crippen molar-refractivity contribution in [1.29, 1.82) is 0 Å². The predicted octanol–water partition coefficient (Wildman–Crippen LogP) is 5.52. The van der Waals surface area contributed by atoms with Gasteiger partial charge in [-0.25, -0.2) is 9.68 Å². The summed E-state index contributed by atoms with van der Waals surface area (Å²) >= 11 is 0. The second-order valence-corrected chi connectivity index (χ2v) is 7.17. The molecule has 27 heavy (non-hydrogen) atoms. The Balaban J connectivity index is 3.35. The summed E-state index contributed by atoms with van der Waals surface area (Å²) in [5, 5.41) is 18.8. The van der Waals surface area contributed by atoms with Crippen LogP contribution in [-0.4, -0.2) is 41.9 Å². The zero-order valence-electron chi connectivity index (χ0n) is 17.7. The van der Waals surface area contributed by atoms with Crippen molar-refractivity contribution in [3.63, 3.8) is 0 Å². The maximum atomic E-state index is 8.77. The van der Waals surface area contributed by atoms with Gasteiger partial charge in [-0.3, -0.25) is 0 Å². The van der Waals surface area contributed by atoms with Crippen molar-refractivity contribution in [1.82, 2.24) is 5.23 Å². The molecule has 0 aromatic heterocycles. The molecule has 0 heterocycles. The number of aliphatic hydroxyl groups is 2. The summed E-state index contributed by atoms with van der Waals surface area (Å²) in [4.78, 5) is 10.4. The van der Waals surface area contributed by atoms with Crippen LogP contribution < -0.4 is 0 Å². The van der Waals surface area contributed by atoms with Crippen molar-refractivity contribution in [3.8, 4) is 0 Å². The number of unbranched alkanes of at least 4 members (excludes halogenated alkanes) is 14. The monoisotopic (exact) mass is 387 g/mol. The SMILES string of the molecule is CCCCCCCCCCCCCCCCC=CN(OCCO)OCCO. The van der Waals surface area contributed by atoms with E-state index in [1.165, 1.54) is 95.1 Å². The number of allylic oxidation sites excluding steroid dienone is 1. The molecule has 0 amide bonds. The molecule has 2 N–H and O–H groups in total. The number of nitrogens with zero attached hydrogens (tertiary/aromatic N) is 1. The van der Waals surface area contributed by atoms with E-state index in [1.54, 1.807) is 6.20 Å². The van der Waals surface area contributed by atoms with Crippen LogP contribution in [-0.2, 0) is 9.68 Å². The second kappa shape index (κ2) is 23.4. The number of hydroxylamine groups is 2. The first kappa shape index (κ1) is 26.4. The number of hydrogen-bond donors (Lipinski definition) is 2. The molecule has 0 aliphatic rings. The van der Waals surface area contributed by atoms with E-state index in [0.29, 0.717) is 0 Å². The smallest absolute Gasteiger partial charge is 0.101 e. The number of aliphatic hydroxyl groups excluding tert-OH is 2. The van der Waals surface area contributed by atoms with E-state index >= 15 is 0 Å². The lowest BCUT2D eigenvalue weighted by Crippen LogP contribution is -2.22. The Kier molecular flexibility index (Phi) is 22.9. The van der Waals surface area contributed by atoms with E-state index in [2.05, 4.69) is 6.92 Å². The Hall–Kier alpha value is -0.620. The van der Waals surface area contributed by atoms with Gasteiger partial charge in [-0.05, 0) is 12.8 Å². The van der Waals surface area contributed by atoms with Crippen LogP contribution in [0.5, 0.6) is 0 Å². The van der Waals surface area contributed by atoms with Crippen molar-refractivity contribution in [3.05, 3.63) is 12.3 Å². The van der Waals surface area contributed by atoms with Crippen LogP contribution in [0.3, 0.4) is 0 Å². The summed E-state index contributed by atoms with van der Waals surface area (Å²) < 4.78 is 0. The first-order chi connectivity index (χ1) is 13.3. The van der Waals surface area contributed by atoms with E-state index in [-0.39, 0.29) is 26.4 Å². The Bertz CT molecular complexity index is 292. The molecule has 0 aromatic rings. The highest BCUT2D eigenvalue weighted by molar-refractivity contribution is 4.76. The second-order valence-electron chi connectivity index (χ2n) is 7.17. The van der Waals surface area contributed by atoms with Gasteiger partial charge in [-0.1, -0.05) is 96.5 Å². The lowest BCUT2D eigenvalue weighted by molar-refractivity contribution is -0.339. The zero-order valence-corrected chi connectivity index (χ0v) is 17.7. The van der Waals surface area contributed by atoms with Crippen molar-refractivity contribution in [2.75, 3.05) is 26.4 Å². The van der Waals surface area contributed by atoms with Crippen LogP contribution in [0.4, 0.5) is 0 Å². The molecular weight excluding hydrogens is 342 g/mol. The number of rotatable bonds is 22. The maximum absolute atomic E-state index is 8.77. The van der Waals surface area contributed by atoms with Crippen LogP contribution in [0.2, 0.25) is 0 Å². The van der Waals surface area contributed by atoms with Gasteiger partial charge < -0.3 is 10.2 Å². The summed E-state index contributed by atoms with van der Waals surface area (Å²) in [7, 11) is 0. The van der Waals surface area contributed by atoms with E-state index in [9.17, 15) is 0 Å². The summed E-state index contributed by atoms with van der Waals surface area (Å²) in [6.07, 6.45) is 23.9. The predicted molar refractivity (Wildman–Crippen MR) is 112 cm³/mol. The minimum absolute atomic E-state index is 0.0637. The first-order valence-corrected chi connectivity index (χ1v) is 11.3. The molecule has 0 aliphatic carbocycles. The summed E-state index contributed by atoms with van der Waals surface area (Å²) in [5.74, 6) is 0. The molecule has 0 rings (SSSR count). The molecule has 0 radical (unpaired) electrons. The molecular formula is C22H45NO4. The molecule has 0 bridgehead atoms. The Morgan fingerprint density at radius 1 is 0.630 bits per heavy atom. The van der Waals surface area contributed by atoms with Gasteiger partial charge in [0, 0.05) is 0 Å². The highest BCUT2D eigenvalue weighted by Gasteiger charge is 1.99. The van der Waals surface area contributed by atoms with Crippen LogP contribution >= 0.6 is 0 Å². The Morgan fingerprint density at radius 3 is 1.44 bits per heavy atom. The van der Waals surface area contributed by atoms with Gasteiger partial charge in [0.15, 0.2) is 0 Å². The summed E-state index contributed by atoms with van der Waals surface area (Å²) in [6.45, 7) is 2.50.